The largest absolute Gasteiger partial charge is 0.444 e. The van der Waals surface area contributed by atoms with E-state index in [1.165, 1.54) is 22.9 Å². The predicted octanol–water partition coefficient (Wildman–Crippen LogP) is 2.22. The molecule has 1 unspecified atom stereocenters. The molecule has 0 bridgehead atoms. The molecule has 2 aliphatic heterocycles. The van der Waals surface area contributed by atoms with Gasteiger partial charge in [0.1, 0.15) is 23.5 Å². The number of ether oxygens (including phenoxy) is 1. The highest BCUT2D eigenvalue weighted by molar-refractivity contribution is 7.99. The number of hydrogen-bond donors (Lipinski definition) is 0. The fraction of sp³-hybridized carbons (Fsp3) is 0.571. The van der Waals surface area contributed by atoms with Crippen molar-refractivity contribution >= 4 is 35.5 Å². The minimum atomic E-state index is -0.709. The number of likely N-dealkylation sites (tertiary alicyclic amines) is 1. The first-order valence-corrected chi connectivity index (χ1v) is 11.3. The summed E-state index contributed by atoms with van der Waals surface area (Å²) in [7, 11) is 0. The van der Waals surface area contributed by atoms with Crippen LogP contribution in [0, 0.1) is 11.3 Å². The Hall–Kier alpha value is -2.80. The number of carbonyl (C=O) groups excluding carboxylic acids is 3. The molecule has 9 nitrogen and oxygen atoms in total. The van der Waals surface area contributed by atoms with Gasteiger partial charge in [-0.15, -0.1) is 11.8 Å². The van der Waals surface area contributed by atoms with Crippen LogP contribution < -0.4 is 4.90 Å². The van der Waals surface area contributed by atoms with Crippen LogP contribution in [0.3, 0.4) is 0 Å². The first-order valence-electron chi connectivity index (χ1n) is 10.1. The van der Waals surface area contributed by atoms with Gasteiger partial charge < -0.3 is 9.64 Å². The van der Waals surface area contributed by atoms with Gasteiger partial charge in [0.15, 0.2) is 0 Å². The molecule has 3 heterocycles. The minimum Gasteiger partial charge on any atom is -0.444 e. The molecule has 3 amide bonds. The van der Waals surface area contributed by atoms with E-state index in [2.05, 4.69) is 4.98 Å². The molecule has 2 atom stereocenters. The van der Waals surface area contributed by atoms with Crippen LogP contribution in [0.1, 0.15) is 39.7 Å². The van der Waals surface area contributed by atoms with Crippen molar-refractivity contribution in [1.82, 2.24) is 14.8 Å². The van der Waals surface area contributed by atoms with E-state index in [1.54, 1.807) is 49.6 Å². The quantitative estimate of drug-likeness (QED) is 0.702. The van der Waals surface area contributed by atoms with Gasteiger partial charge in [-0.1, -0.05) is 0 Å². The van der Waals surface area contributed by atoms with Gasteiger partial charge in [-0.25, -0.2) is 9.78 Å². The van der Waals surface area contributed by atoms with E-state index in [-0.39, 0.29) is 18.4 Å². The van der Waals surface area contributed by atoms with Crippen molar-refractivity contribution in [1.29, 1.82) is 5.26 Å². The molecule has 0 saturated carbocycles. The molecule has 3 rings (SSSR count). The number of nitriles is 1. The van der Waals surface area contributed by atoms with Gasteiger partial charge in [0.2, 0.25) is 11.8 Å². The van der Waals surface area contributed by atoms with Crippen molar-refractivity contribution in [3.8, 4) is 6.07 Å². The first-order chi connectivity index (χ1) is 14.6. The third-order valence-electron chi connectivity index (χ3n) is 5.08. The summed E-state index contributed by atoms with van der Waals surface area (Å²) in [6.07, 6.45) is 1.12. The fourth-order valence-corrected chi connectivity index (χ4v) is 4.71. The molecular formula is C21H27N5O4S. The molecule has 2 aliphatic rings. The molecule has 0 aliphatic carbocycles. The van der Waals surface area contributed by atoms with E-state index in [1.807, 2.05) is 6.07 Å². The molecule has 10 heteroatoms. The molecular weight excluding hydrogens is 418 g/mol. The topological polar surface area (TPSA) is 107 Å². The van der Waals surface area contributed by atoms with Crippen molar-refractivity contribution in [2.45, 2.75) is 51.8 Å². The SMILES string of the molecule is CC(=O)N(c1ccc(C#N)cn1)[C@H]1CC(C(=O)N2CCSC2)N(C(=O)OC(C)(C)C)C1. The highest BCUT2D eigenvalue weighted by atomic mass is 32.2. The average molecular weight is 446 g/mol. The monoisotopic (exact) mass is 445 g/mol. The third-order valence-corrected chi connectivity index (χ3v) is 6.05. The molecule has 0 spiro atoms. The second kappa shape index (κ2) is 9.14. The van der Waals surface area contributed by atoms with Crippen LogP contribution in [-0.4, -0.2) is 75.1 Å². The van der Waals surface area contributed by atoms with Crippen LogP contribution in [0.2, 0.25) is 0 Å². The molecule has 1 aromatic rings. The molecule has 2 saturated heterocycles. The molecule has 166 valence electrons. The Morgan fingerprint density at radius 3 is 2.58 bits per heavy atom. The second-order valence-corrected chi connectivity index (χ2v) is 9.66. The van der Waals surface area contributed by atoms with Gasteiger partial charge in [-0.2, -0.15) is 5.26 Å². The molecule has 31 heavy (non-hydrogen) atoms. The molecule has 1 aromatic heterocycles. The number of carbonyl (C=O) groups is 3. The zero-order chi connectivity index (χ0) is 22.8. The summed E-state index contributed by atoms with van der Waals surface area (Å²) in [5.74, 6) is 1.45. The van der Waals surface area contributed by atoms with Crippen molar-refractivity contribution < 1.29 is 19.1 Å². The van der Waals surface area contributed by atoms with Crippen molar-refractivity contribution in [3.05, 3.63) is 23.9 Å². The van der Waals surface area contributed by atoms with E-state index in [9.17, 15) is 14.4 Å². The highest BCUT2D eigenvalue weighted by Gasteiger charge is 2.46. The zero-order valence-corrected chi connectivity index (χ0v) is 19.0. The zero-order valence-electron chi connectivity index (χ0n) is 18.2. The summed E-state index contributed by atoms with van der Waals surface area (Å²) >= 11 is 1.67. The second-order valence-electron chi connectivity index (χ2n) is 8.58. The van der Waals surface area contributed by atoms with Gasteiger partial charge in [0.25, 0.3) is 0 Å². The summed E-state index contributed by atoms with van der Waals surface area (Å²) in [4.78, 5) is 47.5. The van der Waals surface area contributed by atoms with Crippen LogP contribution in [0.25, 0.3) is 0 Å². The summed E-state index contributed by atoms with van der Waals surface area (Å²) in [6, 6.07) is 4.04. The maximum absolute atomic E-state index is 13.2. The standard InChI is InChI=1S/C21H27N5O4S/c1-14(27)26(18-6-5-15(10-22)11-23-18)16-9-17(19(28)24-7-8-31-13-24)25(12-16)20(29)30-21(2,3)4/h5-6,11,16-17H,7-9,12-13H2,1-4H3/t16-,17?/m0/s1. The molecule has 0 N–H and O–H groups in total. The summed E-state index contributed by atoms with van der Waals surface area (Å²) in [5, 5.41) is 9.00. The summed E-state index contributed by atoms with van der Waals surface area (Å²) in [6.45, 7) is 7.54. The van der Waals surface area contributed by atoms with Crippen LogP contribution >= 0.6 is 11.8 Å². The van der Waals surface area contributed by atoms with E-state index in [0.29, 0.717) is 30.2 Å². The predicted molar refractivity (Wildman–Crippen MR) is 116 cm³/mol. The number of aromatic nitrogens is 1. The lowest BCUT2D eigenvalue weighted by atomic mass is 10.1. The van der Waals surface area contributed by atoms with E-state index in [0.717, 1.165) is 5.75 Å². The van der Waals surface area contributed by atoms with Crippen molar-refractivity contribution in [2.75, 3.05) is 29.6 Å². The number of pyridine rings is 1. The van der Waals surface area contributed by atoms with Crippen molar-refractivity contribution in [3.63, 3.8) is 0 Å². The summed E-state index contributed by atoms with van der Waals surface area (Å²) in [5.41, 5.74) is -0.324. The maximum Gasteiger partial charge on any atom is 0.411 e. The fourth-order valence-electron chi connectivity index (χ4n) is 3.76. The van der Waals surface area contributed by atoms with Gasteiger partial charge in [-0.05, 0) is 39.3 Å². The Morgan fingerprint density at radius 2 is 2.06 bits per heavy atom. The average Bonchev–Trinajstić information content (AvgIpc) is 3.37. The van der Waals surface area contributed by atoms with Crippen LogP contribution in [-0.2, 0) is 14.3 Å². The van der Waals surface area contributed by atoms with Gasteiger partial charge >= 0.3 is 6.09 Å². The van der Waals surface area contributed by atoms with Gasteiger partial charge in [0.05, 0.1) is 17.5 Å². The number of rotatable bonds is 3. The number of nitrogens with zero attached hydrogens (tertiary/aromatic N) is 5. The smallest absolute Gasteiger partial charge is 0.411 e. The Balaban J connectivity index is 1.89. The first kappa shape index (κ1) is 22.9. The third kappa shape index (κ3) is 5.28. The lowest BCUT2D eigenvalue weighted by Gasteiger charge is -2.30. The Morgan fingerprint density at radius 1 is 1.32 bits per heavy atom. The van der Waals surface area contributed by atoms with E-state index < -0.39 is 23.8 Å². The van der Waals surface area contributed by atoms with E-state index in [4.69, 9.17) is 10.00 Å². The Kier molecular flexibility index (Phi) is 6.74. The molecule has 0 radical (unpaired) electrons. The van der Waals surface area contributed by atoms with Crippen molar-refractivity contribution in [2.24, 2.45) is 0 Å². The lowest BCUT2D eigenvalue weighted by Crippen LogP contribution is -2.48. The van der Waals surface area contributed by atoms with Gasteiger partial charge in [-0.3, -0.25) is 19.4 Å². The van der Waals surface area contributed by atoms with E-state index >= 15 is 0 Å². The number of amides is 3. The lowest BCUT2D eigenvalue weighted by molar-refractivity contribution is -0.134. The van der Waals surface area contributed by atoms with Crippen LogP contribution in [0.5, 0.6) is 0 Å². The minimum absolute atomic E-state index is 0.130. The molecule has 2 fully saturated rings. The van der Waals surface area contributed by atoms with Crippen LogP contribution in [0.15, 0.2) is 18.3 Å². The normalized spacial score (nSPS) is 21.0. The summed E-state index contributed by atoms with van der Waals surface area (Å²) < 4.78 is 5.55. The Bertz CT molecular complexity index is 887. The number of thioether (sulfide) groups is 1. The molecule has 0 aromatic carbocycles. The number of anilines is 1. The van der Waals surface area contributed by atoms with Gasteiger partial charge in [0, 0.05) is 32.0 Å². The highest BCUT2D eigenvalue weighted by Crippen LogP contribution is 2.30. The maximum atomic E-state index is 13.2. The Labute approximate surface area is 186 Å². The van der Waals surface area contributed by atoms with Crippen LogP contribution in [0.4, 0.5) is 10.6 Å². The number of hydrogen-bond acceptors (Lipinski definition) is 7.